The largest absolute Gasteiger partial charge is 0.349 e. The highest BCUT2D eigenvalue weighted by Gasteiger charge is 2.48. The van der Waals surface area contributed by atoms with Crippen molar-refractivity contribution in [2.24, 2.45) is 11.1 Å². The van der Waals surface area contributed by atoms with Crippen molar-refractivity contribution in [1.82, 2.24) is 10.3 Å². The molecule has 0 aromatic carbocycles. The summed E-state index contributed by atoms with van der Waals surface area (Å²) < 4.78 is 0. The molecule has 1 aromatic rings. The monoisotopic (exact) mass is 219 g/mol. The Hall–Kier alpha value is -1.42. The summed E-state index contributed by atoms with van der Waals surface area (Å²) in [6, 6.07) is 3.83. The normalized spacial score (nSPS) is 18.9. The zero-order chi connectivity index (χ0) is 11.6. The Bertz CT molecular complexity index is 373. The van der Waals surface area contributed by atoms with Gasteiger partial charge in [0.1, 0.15) is 0 Å². The van der Waals surface area contributed by atoms with Gasteiger partial charge in [-0.2, -0.15) is 0 Å². The smallest absolute Gasteiger partial charge is 0.227 e. The molecule has 86 valence electrons. The second-order valence-corrected chi connectivity index (χ2v) is 4.46. The zero-order valence-corrected chi connectivity index (χ0v) is 9.44. The topological polar surface area (TPSA) is 68.0 Å². The van der Waals surface area contributed by atoms with Crippen LogP contribution < -0.4 is 11.1 Å². The molecule has 1 aromatic heterocycles. The Labute approximate surface area is 95.3 Å². The molecule has 1 unspecified atom stereocenters. The number of amides is 1. The predicted molar refractivity (Wildman–Crippen MR) is 61.5 cm³/mol. The van der Waals surface area contributed by atoms with E-state index >= 15 is 0 Å². The first kappa shape index (κ1) is 11.1. The van der Waals surface area contributed by atoms with E-state index in [0.29, 0.717) is 6.54 Å². The van der Waals surface area contributed by atoms with Crippen molar-refractivity contribution in [2.45, 2.75) is 25.8 Å². The maximum atomic E-state index is 11.9. The number of carbonyl (C=O) groups excluding carboxylic acids is 1. The van der Waals surface area contributed by atoms with Crippen molar-refractivity contribution < 1.29 is 4.79 Å². The number of pyridine rings is 1. The van der Waals surface area contributed by atoms with E-state index in [4.69, 9.17) is 5.73 Å². The first-order chi connectivity index (χ1) is 7.68. The molecule has 0 aliphatic heterocycles. The van der Waals surface area contributed by atoms with Gasteiger partial charge in [0.25, 0.3) is 0 Å². The Balaban J connectivity index is 1.98. The van der Waals surface area contributed by atoms with Gasteiger partial charge >= 0.3 is 0 Å². The summed E-state index contributed by atoms with van der Waals surface area (Å²) in [5.41, 5.74) is 6.40. The number of nitrogens with zero attached hydrogens (tertiary/aromatic N) is 1. The van der Waals surface area contributed by atoms with Crippen molar-refractivity contribution in [3.63, 3.8) is 0 Å². The van der Waals surface area contributed by atoms with Crippen LogP contribution in [0.1, 0.15) is 31.4 Å². The average molecular weight is 219 g/mol. The third kappa shape index (κ3) is 2.07. The Morgan fingerprint density at radius 1 is 1.56 bits per heavy atom. The molecule has 16 heavy (non-hydrogen) atoms. The molecule has 0 spiro atoms. The molecular formula is C12H17N3O. The van der Waals surface area contributed by atoms with Gasteiger partial charge in [-0.25, -0.2) is 0 Å². The minimum Gasteiger partial charge on any atom is -0.349 e. The van der Waals surface area contributed by atoms with Gasteiger partial charge in [0.05, 0.1) is 11.5 Å². The van der Waals surface area contributed by atoms with Crippen LogP contribution in [-0.4, -0.2) is 17.4 Å². The third-order valence-corrected chi connectivity index (χ3v) is 3.28. The predicted octanol–water partition coefficient (Wildman–Crippen LogP) is 0.998. The summed E-state index contributed by atoms with van der Waals surface area (Å²) in [5.74, 6) is 0.0827. The summed E-state index contributed by atoms with van der Waals surface area (Å²) in [6.45, 7) is 2.42. The lowest BCUT2D eigenvalue weighted by molar-refractivity contribution is -0.126. The summed E-state index contributed by atoms with van der Waals surface area (Å²) in [4.78, 5) is 15.9. The van der Waals surface area contributed by atoms with Gasteiger partial charge in [-0.3, -0.25) is 9.78 Å². The highest BCUT2D eigenvalue weighted by Crippen LogP contribution is 2.45. The molecule has 0 radical (unpaired) electrons. The van der Waals surface area contributed by atoms with Gasteiger partial charge in [-0.1, -0.05) is 0 Å². The first-order valence-corrected chi connectivity index (χ1v) is 5.59. The van der Waals surface area contributed by atoms with E-state index in [1.165, 1.54) is 0 Å². The SMILES string of the molecule is CC(NC(=O)C1(CN)CC1)c1ccncc1. The summed E-state index contributed by atoms with van der Waals surface area (Å²) in [5, 5.41) is 3.00. The molecule has 1 aliphatic rings. The lowest BCUT2D eigenvalue weighted by atomic mass is 10.0. The number of aromatic nitrogens is 1. The molecule has 4 nitrogen and oxygen atoms in total. The quantitative estimate of drug-likeness (QED) is 0.793. The van der Waals surface area contributed by atoms with E-state index in [-0.39, 0.29) is 17.4 Å². The number of nitrogens with two attached hydrogens (primary N) is 1. The summed E-state index contributed by atoms with van der Waals surface area (Å²) >= 11 is 0. The second-order valence-electron chi connectivity index (χ2n) is 4.46. The molecule has 4 heteroatoms. The van der Waals surface area contributed by atoms with E-state index in [9.17, 15) is 4.79 Å². The molecule has 1 atom stereocenters. The fourth-order valence-corrected chi connectivity index (χ4v) is 1.76. The van der Waals surface area contributed by atoms with E-state index in [2.05, 4.69) is 10.3 Å². The Kier molecular flexibility index (Phi) is 2.92. The van der Waals surface area contributed by atoms with Gasteiger partial charge in [-0.15, -0.1) is 0 Å². The molecule has 1 aliphatic carbocycles. The lowest BCUT2D eigenvalue weighted by Crippen LogP contribution is -2.37. The van der Waals surface area contributed by atoms with E-state index in [1.54, 1.807) is 12.4 Å². The molecule has 1 fully saturated rings. The van der Waals surface area contributed by atoms with Crippen LogP contribution in [0, 0.1) is 5.41 Å². The number of nitrogens with one attached hydrogen (secondary N) is 1. The standard InChI is InChI=1S/C12H17N3O/c1-9(10-2-6-14-7-3-10)15-11(16)12(8-13)4-5-12/h2-3,6-7,9H,4-5,8,13H2,1H3,(H,15,16). The fourth-order valence-electron chi connectivity index (χ4n) is 1.76. The highest BCUT2D eigenvalue weighted by atomic mass is 16.2. The molecule has 0 bridgehead atoms. The van der Waals surface area contributed by atoms with Gasteiger partial charge in [-0.05, 0) is 37.5 Å². The highest BCUT2D eigenvalue weighted by molar-refractivity contribution is 5.85. The van der Waals surface area contributed by atoms with Crippen molar-refractivity contribution in [3.8, 4) is 0 Å². The molecular weight excluding hydrogens is 202 g/mol. The van der Waals surface area contributed by atoms with E-state index in [0.717, 1.165) is 18.4 Å². The van der Waals surface area contributed by atoms with Gasteiger partial charge in [0.2, 0.25) is 5.91 Å². The van der Waals surface area contributed by atoms with Crippen molar-refractivity contribution in [1.29, 1.82) is 0 Å². The van der Waals surface area contributed by atoms with Crippen LogP contribution in [0.15, 0.2) is 24.5 Å². The minimum atomic E-state index is -0.276. The van der Waals surface area contributed by atoms with Crippen LogP contribution in [0.25, 0.3) is 0 Å². The van der Waals surface area contributed by atoms with Crippen molar-refractivity contribution in [3.05, 3.63) is 30.1 Å². The maximum absolute atomic E-state index is 11.9. The van der Waals surface area contributed by atoms with Gasteiger partial charge in [0, 0.05) is 18.9 Å². The molecule has 3 N–H and O–H groups in total. The summed E-state index contributed by atoms with van der Waals surface area (Å²) in [7, 11) is 0. The molecule has 0 saturated heterocycles. The maximum Gasteiger partial charge on any atom is 0.227 e. The van der Waals surface area contributed by atoms with Crippen LogP contribution in [-0.2, 0) is 4.79 Å². The van der Waals surface area contributed by atoms with E-state index in [1.807, 2.05) is 19.1 Å². The van der Waals surface area contributed by atoms with Crippen molar-refractivity contribution in [2.75, 3.05) is 6.54 Å². The Morgan fingerprint density at radius 2 is 2.19 bits per heavy atom. The minimum absolute atomic E-state index is 0.0134. The van der Waals surface area contributed by atoms with Gasteiger partial charge < -0.3 is 11.1 Å². The van der Waals surface area contributed by atoms with Gasteiger partial charge in [0.15, 0.2) is 0 Å². The molecule has 2 rings (SSSR count). The number of hydrogen-bond donors (Lipinski definition) is 2. The lowest BCUT2D eigenvalue weighted by Gasteiger charge is -2.18. The number of carbonyl (C=O) groups is 1. The summed E-state index contributed by atoms with van der Waals surface area (Å²) in [6.07, 6.45) is 5.29. The number of rotatable bonds is 4. The molecule has 1 amide bonds. The van der Waals surface area contributed by atoms with Crippen LogP contribution >= 0.6 is 0 Å². The van der Waals surface area contributed by atoms with Crippen LogP contribution in [0.5, 0.6) is 0 Å². The van der Waals surface area contributed by atoms with Crippen molar-refractivity contribution >= 4 is 5.91 Å². The number of hydrogen-bond acceptors (Lipinski definition) is 3. The second kappa shape index (κ2) is 4.22. The van der Waals surface area contributed by atoms with Crippen LogP contribution in [0.3, 0.4) is 0 Å². The average Bonchev–Trinajstić information content (AvgIpc) is 3.11. The Morgan fingerprint density at radius 3 is 2.69 bits per heavy atom. The van der Waals surface area contributed by atoms with Crippen LogP contribution in [0.4, 0.5) is 0 Å². The fraction of sp³-hybridized carbons (Fsp3) is 0.500. The molecule has 1 saturated carbocycles. The van der Waals surface area contributed by atoms with Crippen LogP contribution in [0.2, 0.25) is 0 Å². The molecule has 1 heterocycles. The zero-order valence-electron chi connectivity index (χ0n) is 9.44. The van der Waals surface area contributed by atoms with E-state index < -0.39 is 0 Å². The first-order valence-electron chi connectivity index (χ1n) is 5.59. The third-order valence-electron chi connectivity index (χ3n) is 3.28.